The summed E-state index contributed by atoms with van der Waals surface area (Å²) in [5.74, 6) is -0.390. The van der Waals surface area contributed by atoms with Crippen molar-refractivity contribution in [3.05, 3.63) is 34.1 Å². The van der Waals surface area contributed by atoms with Crippen molar-refractivity contribution in [1.29, 1.82) is 0 Å². The third-order valence-electron chi connectivity index (χ3n) is 2.39. The first-order valence-electron chi connectivity index (χ1n) is 4.59. The lowest BCUT2D eigenvalue weighted by Gasteiger charge is -2.26. The molecule has 0 aliphatic carbocycles. The zero-order chi connectivity index (χ0) is 12.6. The highest BCUT2D eigenvalue weighted by atomic mass is 79.9. The second-order valence-electron chi connectivity index (χ2n) is 3.56. The van der Waals surface area contributed by atoms with E-state index in [4.69, 9.17) is 0 Å². The van der Waals surface area contributed by atoms with E-state index in [2.05, 4.69) is 32.1 Å². The lowest BCUT2D eigenvalue weighted by molar-refractivity contribution is -0.814. The third-order valence-corrected chi connectivity index (χ3v) is 3.08. The SMILES string of the molecule is C[N+]1(C(=O)[O-])NNN=C1c1cc(F)ccc1Br. The quantitative estimate of drug-likeness (QED) is 0.720. The number of carbonyl (C=O) groups excluding carboxylic acids is 1. The first-order chi connectivity index (χ1) is 7.95. The predicted molar refractivity (Wildman–Crippen MR) is 58.5 cm³/mol. The molecule has 8 heteroatoms. The van der Waals surface area contributed by atoms with Crippen LogP contribution in [0.5, 0.6) is 0 Å². The maximum atomic E-state index is 13.2. The molecule has 1 aromatic rings. The number of hydrogen-bond acceptors (Lipinski definition) is 5. The monoisotopic (exact) mass is 302 g/mol. The summed E-state index contributed by atoms with van der Waals surface area (Å²) in [5.41, 5.74) is 5.07. The van der Waals surface area contributed by atoms with E-state index >= 15 is 0 Å². The average Bonchev–Trinajstić information content (AvgIpc) is 2.65. The van der Waals surface area contributed by atoms with Crippen LogP contribution in [0, 0.1) is 5.82 Å². The minimum absolute atomic E-state index is 0.0939. The number of nitrogens with zero attached hydrogens (tertiary/aromatic N) is 2. The van der Waals surface area contributed by atoms with Crippen LogP contribution in [0.25, 0.3) is 0 Å². The maximum absolute atomic E-state index is 13.2. The number of nitrogens with one attached hydrogen (secondary N) is 2. The molecule has 0 saturated heterocycles. The molecule has 0 spiro atoms. The Morgan fingerprint density at radius 2 is 2.29 bits per heavy atom. The van der Waals surface area contributed by atoms with Gasteiger partial charge in [-0.3, -0.25) is 0 Å². The van der Waals surface area contributed by atoms with E-state index in [-0.39, 0.29) is 5.84 Å². The molecule has 2 rings (SSSR count). The van der Waals surface area contributed by atoms with Gasteiger partial charge in [-0.1, -0.05) is 0 Å². The number of carbonyl (C=O) groups is 1. The van der Waals surface area contributed by atoms with Crippen LogP contribution < -0.4 is 16.2 Å². The molecule has 0 fully saturated rings. The van der Waals surface area contributed by atoms with Crippen LogP contribution in [0.1, 0.15) is 5.56 Å². The number of rotatable bonds is 1. The van der Waals surface area contributed by atoms with Gasteiger partial charge >= 0.3 is 0 Å². The van der Waals surface area contributed by atoms with Crippen molar-refractivity contribution in [2.75, 3.05) is 7.05 Å². The molecule has 0 aromatic heterocycles. The van der Waals surface area contributed by atoms with Gasteiger partial charge in [0.15, 0.2) is 0 Å². The number of amidine groups is 1. The fourth-order valence-electron chi connectivity index (χ4n) is 1.43. The predicted octanol–water partition coefficient (Wildman–Crippen LogP) is 0.0625. The third kappa shape index (κ3) is 1.90. The molecule has 0 radical (unpaired) electrons. The number of quaternary nitrogens is 1. The van der Waals surface area contributed by atoms with Gasteiger partial charge in [0.05, 0.1) is 5.56 Å². The van der Waals surface area contributed by atoms with Gasteiger partial charge in [0.1, 0.15) is 12.9 Å². The van der Waals surface area contributed by atoms with Gasteiger partial charge < -0.3 is 9.90 Å². The number of halogens is 2. The topological polar surface area (TPSA) is 76.5 Å². The van der Waals surface area contributed by atoms with Crippen LogP contribution in [-0.4, -0.2) is 23.6 Å². The lowest BCUT2D eigenvalue weighted by Crippen LogP contribution is -2.65. The van der Waals surface area contributed by atoms with Crippen molar-refractivity contribution >= 4 is 27.9 Å². The molecular weight excluding hydrogens is 295 g/mol. The van der Waals surface area contributed by atoms with Crippen molar-refractivity contribution in [3.8, 4) is 0 Å². The van der Waals surface area contributed by atoms with E-state index in [1.54, 1.807) is 0 Å². The van der Waals surface area contributed by atoms with Crippen LogP contribution >= 0.6 is 15.9 Å². The van der Waals surface area contributed by atoms with E-state index in [0.29, 0.717) is 10.0 Å². The largest absolute Gasteiger partial charge is 0.496 e. The number of amides is 1. The Morgan fingerprint density at radius 3 is 2.94 bits per heavy atom. The summed E-state index contributed by atoms with van der Waals surface area (Å²) in [6.07, 6.45) is -1.41. The minimum atomic E-state index is -1.41. The Hall–Kier alpha value is -1.51. The molecule has 90 valence electrons. The smallest absolute Gasteiger partial charge is 0.286 e. The molecule has 0 bridgehead atoms. The Kier molecular flexibility index (Phi) is 2.86. The molecule has 1 aliphatic rings. The molecule has 1 amide bonds. The highest BCUT2D eigenvalue weighted by Gasteiger charge is 2.39. The summed E-state index contributed by atoms with van der Waals surface area (Å²) in [6.45, 7) is 0. The number of hydrogen-bond donors (Lipinski definition) is 2. The Labute approximate surface area is 104 Å². The van der Waals surface area contributed by atoms with Crippen molar-refractivity contribution in [2.45, 2.75) is 0 Å². The van der Waals surface area contributed by atoms with E-state index in [1.165, 1.54) is 25.2 Å². The molecule has 17 heavy (non-hydrogen) atoms. The summed E-state index contributed by atoms with van der Waals surface area (Å²) in [7, 11) is 1.32. The highest BCUT2D eigenvalue weighted by molar-refractivity contribution is 9.10. The summed E-state index contributed by atoms with van der Waals surface area (Å²) < 4.78 is 12.9. The van der Waals surface area contributed by atoms with Crippen molar-refractivity contribution in [3.63, 3.8) is 0 Å². The van der Waals surface area contributed by atoms with E-state index in [0.717, 1.165) is 0 Å². The molecule has 0 saturated carbocycles. The number of benzene rings is 1. The molecule has 2 N–H and O–H groups in total. The van der Waals surface area contributed by atoms with Gasteiger partial charge in [-0.25, -0.2) is 4.39 Å². The van der Waals surface area contributed by atoms with Gasteiger partial charge in [0.25, 0.3) is 11.9 Å². The van der Waals surface area contributed by atoms with Crippen molar-refractivity contribution in [2.24, 2.45) is 5.10 Å². The number of hydrazine groups is 1. The molecule has 1 aliphatic heterocycles. The first kappa shape index (κ1) is 12.0. The fraction of sp³-hybridized carbons (Fsp3) is 0.111. The lowest BCUT2D eigenvalue weighted by atomic mass is 10.2. The molecule has 1 atom stereocenters. The summed E-state index contributed by atoms with van der Waals surface area (Å²) in [6, 6.07) is 3.93. The molecule has 1 aromatic carbocycles. The van der Waals surface area contributed by atoms with Crippen LogP contribution in [0.2, 0.25) is 0 Å². The Morgan fingerprint density at radius 1 is 1.59 bits per heavy atom. The maximum Gasteiger partial charge on any atom is 0.286 e. The standard InChI is InChI=1S/C9H8BrFN4O2/c1-15(9(16)17)8(12-13-14-15)6-4-5(11)2-3-7(6)10/h2-4,13-14H,1H3. The summed E-state index contributed by atoms with van der Waals surface area (Å²) >= 11 is 3.21. The van der Waals surface area contributed by atoms with E-state index < -0.39 is 16.5 Å². The highest BCUT2D eigenvalue weighted by Crippen LogP contribution is 2.22. The molecule has 1 heterocycles. The normalized spacial score (nSPS) is 23.1. The second kappa shape index (κ2) is 4.06. The van der Waals surface area contributed by atoms with E-state index in [9.17, 15) is 14.3 Å². The van der Waals surface area contributed by atoms with Crippen LogP contribution in [0.3, 0.4) is 0 Å². The van der Waals surface area contributed by atoms with Crippen LogP contribution in [0.4, 0.5) is 9.18 Å². The number of carboxylic acid groups (broad SMARTS) is 1. The molecule has 1 unspecified atom stereocenters. The second-order valence-corrected chi connectivity index (χ2v) is 4.41. The first-order valence-corrected chi connectivity index (χ1v) is 5.38. The van der Waals surface area contributed by atoms with Crippen molar-refractivity contribution < 1.29 is 18.9 Å². The van der Waals surface area contributed by atoms with Gasteiger partial charge in [-0.15, -0.1) is 9.69 Å². The molecule has 6 nitrogen and oxygen atoms in total. The fourth-order valence-corrected chi connectivity index (χ4v) is 1.86. The average molecular weight is 303 g/mol. The van der Waals surface area contributed by atoms with Gasteiger partial charge in [-0.05, 0) is 39.7 Å². The van der Waals surface area contributed by atoms with Gasteiger partial charge in [0.2, 0.25) is 0 Å². The van der Waals surface area contributed by atoms with Crippen LogP contribution in [0.15, 0.2) is 27.8 Å². The Bertz CT molecular complexity index is 522. The van der Waals surface area contributed by atoms with Gasteiger partial charge in [-0.2, -0.15) is 5.53 Å². The van der Waals surface area contributed by atoms with E-state index in [1.807, 2.05) is 0 Å². The minimum Gasteiger partial charge on any atom is -0.496 e. The Balaban J connectivity index is 2.53. The zero-order valence-corrected chi connectivity index (χ0v) is 10.3. The van der Waals surface area contributed by atoms with Crippen LogP contribution in [-0.2, 0) is 0 Å². The molecular formula is C9H8BrFN4O2. The summed E-state index contributed by atoms with van der Waals surface area (Å²) in [4.78, 5) is 11.1. The summed E-state index contributed by atoms with van der Waals surface area (Å²) in [5, 5.41) is 14.9. The number of hydrazone groups is 1. The van der Waals surface area contributed by atoms with Crippen molar-refractivity contribution in [1.82, 2.24) is 11.1 Å². The zero-order valence-electron chi connectivity index (χ0n) is 8.70. The van der Waals surface area contributed by atoms with Gasteiger partial charge in [0, 0.05) is 4.47 Å².